The van der Waals surface area contributed by atoms with Crippen molar-refractivity contribution in [2.75, 3.05) is 0 Å². The van der Waals surface area contributed by atoms with Crippen LogP contribution in [-0.2, 0) is 6.18 Å². The maximum absolute atomic E-state index is 12.2. The Hall–Kier alpha value is -1.11. The minimum Gasteiger partial charge on any atom is -0.312 e. The fourth-order valence-corrected chi connectivity index (χ4v) is 1.21. The third-order valence-electron chi connectivity index (χ3n) is 1.55. The molecule has 8 heteroatoms. The van der Waals surface area contributed by atoms with Gasteiger partial charge >= 0.3 is 6.18 Å². The van der Waals surface area contributed by atoms with Crippen molar-refractivity contribution >= 4 is 11.6 Å². The molecule has 1 aromatic rings. The SMILES string of the molecule is O=c1[nH]c(Cl)cc(C(F)F)c1C(F)(F)F. The molecule has 0 saturated heterocycles. The topological polar surface area (TPSA) is 32.9 Å². The van der Waals surface area contributed by atoms with Crippen LogP contribution in [0.2, 0.25) is 5.15 Å². The molecule has 15 heavy (non-hydrogen) atoms. The average Bonchev–Trinajstić information content (AvgIpc) is 1.99. The molecule has 0 spiro atoms. The quantitative estimate of drug-likeness (QED) is 0.601. The molecule has 0 amide bonds. The highest BCUT2D eigenvalue weighted by Crippen LogP contribution is 2.34. The van der Waals surface area contributed by atoms with Gasteiger partial charge in [0.15, 0.2) is 0 Å². The van der Waals surface area contributed by atoms with Crippen LogP contribution in [0.5, 0.6) is 0 Å². The summed E-state index contributed by atoms with van der Waals surface area (Å²) in [6.45, 7) is 0. The second-order valence-electron chi connectivity index (χ2n) is 2.58. The Bertz CT molecular complexity index is 424. The van der Waals surface area contributed by atoms with Crippen LogP contribution < -0.4 is 5.56 Å². The molecule has 1 heterocycles. The fourth-order valence-electron chi connectivity index (χ4n) is 1.01. The zero-order chi connectivity index (χ0) is 11.8. The van der Waals surface area contributed by atoms with E-state index in [-0.39, 0.29) is 0 Å². The van der Waals surface area contributed by atoms with Crippen LogP contribution in [0.3, 0.4) is 0 Å². The smallest absolute Gasteiger partial charge is 0.312 e. The first-order valence-corrected chi connectivity index (χ1v) is 3.89. The predicted molar refractivity (Wildman–Crippen MR) is 42.0 cm³/mol. The van der Waals surface area contributed by atoms with E-state index < -0.39 is 34.4 Å². The van der Waals surface area contributed by atoms with Gasteiger partial charge in [-0.05, 0) is 6.07 Å². The second-order valence-corrected chi connectivity index (χ2v) is 2.98. The van der Waals surface area contributed by atoms with Crippen molar-refractivity contribution in [2.24, 2.45) is 0 Å². The van der Waals surface area contributed by atoms with E-state index in [0.29, 0.717) is 6.07 Å². The van der Waals surface area contributed by atoms with E-state index in [1.807, 2.05) is 0 Å². The largest absolute Gasteiger partial charge is 0.422 e. The standard InChI is InChI=1S/C7H3ClF5NO/c8-3-1-2(5(9)10)4(6(15)14-3)7(11,12)13/h1,5H,(H,14,15). The average molecular weight is 248 g/mol. The van der Waals surface area contributed by atoms with Gasteiger partial charge in [-0.25, -0.2) is 8.78 Å². The normalized spacial score (nSPS) is 12.2. The van der Waals surface area contributed by atoms with Crippen LogP contribution in [0, 0.1) is 0 Å². The Balaban J connectivity index is 3.55. The van der Waals surface area contributed by atoms with Crippen molar-refractivity contribution in [2.45, 2.75) is 12.6 Å². The lowest BCUT2D eigenvalue weighted by molar-refractivity contribution is -0.140. The molecule has 0 aliphatic carbocycles. The second kappa shape index (κ2) is 3.80. The molecule has 1 N–H and O–H groups in total. The van der Waals surface area contributed by atoms with E-state index in [9.17, 15) is 26.7 Å². The Labute approximate surface area is 84.7 Å². The number of halogens is 6. The van der Waals surface area contributed by atoms with Gasteiger partial charge in [-0.3, -0.25) is 4.79 Å². The molecule has 0 fully saturated rings. The maximum Gasteiger partial charge on any atom is 0.422 e. The Morgan fingerprint density at radius 1 is 1.33 bits per heavy atom. The highest BCUT2D eigenvalue weighted by atomic mass is 35.5. The van der Waals surface area contributed by atoms with Gasteiger partial charge in [0.1, 0.15) is 10.7 Å². The van der Waals surface area contributed by atoms with Crippen molar-refractivity contribution in [1.29, 1.82) is 0 Å². The summed E-state index contributed by atoms with van der Waals surface area (Å²) in [5, 5.41) is -0.566. The van der Waals surface area contributed by atoms with Gasteiger partial charge in [-0.1, -0.05) is 11.6 Å². The molecule has 0 unspecified atom stereocenters. The van der Waals surface area contributed by atoms with Crippen LogP contribution in [0.4, 0.5) is 22.0 Å². The lowest BCUT2D eigenvalue weighted by atomic mass is 10.1. The molecule has 0 aliphatic heterocycles. The number of hydrogen-bond acceptors (Lipinski definition) is 1. The summed E-state index contributed by atoms with van der Waals surface area (Å²) in [5.41, 5.74) is -5.01. The van der Waals surface area contributed by atoms with Crippen LogP contribution in [0.15, 0.2) is 10.9 Å². The molecule has 1 aromatic heterocycles. The summed E-state index contributed by atoms with van der Waals surface area (Å²) in [7, 11) is 0. The number of nitrogens with one attached hydrogen (secondary N) is 1. The van der Waals surface area contributed by atoms with Gasteiger partial charge in [0, 0.05) is 5.56 Å². The summed E-state index contributed by atoms with van der Waals surface area (Å²) >= 11 is 5.16. The molecular weight excluding hydrogens is 245 g/mol. The van der Waals surface area contributed by atoms with E-state index in [1.165, 1.54) is 0 Å². The monoisotopic (exact) mass is 247 g/mol. The molecule has 2 nitrogen and oxygen atoms in total. The number of aromatic nitrogens is 1. The highest BCUT2D eigenvalue weighted by Gasteiger charge is 2.39. The minimum atomic E-state index is -5.13. The Kier molecular flexibility index (Phi) is 3.03. The minimum absolute atomic E-state index is 0.385. The van der Waals surface area contributed by atoms with Gasteiger partial charge in [0.25, 0.3) is 12.0 Å². The van der Waals surface area contributed by atoms with Gasteiger partial charge in [0.2, 0.25) is 0 Å². The van der Waals surface area contributed by atoms with Crippen molar-refractivity contribution in [3.63, 3.8) is 0 Å². The maximum atomic E-state index is 12.2. The number of H-pyrrole nitrogens is 1. The zero-order valence-electron chi connectivity index (χ0n) is 6.83. The number of hydrogen-bond donors (Lipinski definition) is 1. The Morgan fingerprint density at radius 2 is 1.87 bits per heavy atom. The van der Waals surface area contributed by atoms with Crippen LogP contribution in [0.25, 0.3) is 0 Å². The van der Waals surface area contributed by atoms with Crippen molar-refractivity contribution in [3.05, 3.63) is 32.7 Å². The van der Waals surface area contributed by atoms with Crippen molar-refractivity contribution < 1.29 is 22.0 Å². The van der Waals surface area contributed by atoms with E-state index in [4.69, 9.17) is 11.6 Å². The number of rotatable bonds is 1. The summed E-state index contributed by atoms with van der Waals surface area (Å²) in [6.07, 6.45) is -8.55. The third kappa shape index (κ3) is 2.47. The molecule has 0 aromatic carbocycles. The van der Waals surface area contributed by atoms with E-state index in [0.717, 1.165) is 0 Å². The Morgan fingerprint density at radius 3 is 2.27 bits per heavy atom. The zero-order valence-corrected chi connectivity index (χ0v) is 7.59. The summed E-state index contributed by atoms with van der Waals surface area (Å²) < 4.78 is 61.0. The molecule has 1 rings (SSSR count). The first kappa shape index (κ1) is 12.0. The van der Waals surface area contributed by atoms with Gasteiger partial charge < -0.3 is 4.98 Å². The predicted octanol–water partition coefficient (Wildman–Crippen LogP) is 2.98. The third-order valence-corrected chi connectivity index (χ3v) is 1.75. The molecule has 0 saturated carbocycles. The van der Waals surface area contributed by atoms with Gasteiger partial charge in [-0.15, -0.1) is 0 Å². The van der Waals surface area contributed by atoms with E-state index >= 15 is 0 Å². The van der Waals surface area contributed by atoms with Crippen molar-refractivity contribution in [1.82, 2.24) is 4.98 Å². The van der Waals surface area contributed by atoms with E-state index in [2.05, 4.69) is 0 Å². The van der Waals surface area contributed by atoms with Gasteiger partial charge in [0.05, 0.1) is 0 Å². The first-order valence-electron chi connectivity index (χ1n) is 3.51. The molecule has 84 valence electrons. The number of alkyl halides is 5. The molecule has 0 aliphatic rings. The molecule has 0 bridgehead atoms. The number of pyridine rings is 1. The first-order chi connectivity index (χ1) is 6.73. The van der Waals surface area contributed by atoms with E-state index in [1.54, 1.807) is 4.98 Å². The lowest BCUT2D eigenvalue weighted by Crippen LogP contribution is -2.24. The van der Waals surface area contributed by atoms with Crippen LogP contribution >= 0.6 is 11.6 Å². The summed E-state index contributed by atoms with van der Waals surface area (Å²) in [4.78, 5) is 12.4. The number of aromatic amines is 1. The van der Waals surface area contributed by atoms with Crippen LogP contribution in [-0.4, -0.2) is 4.98 Å². The summed E-state index contributed by atoms with van der Waals surface area (Å²) in [6, 6.07) is 0.385. The molecule has 0 atom stereocenters. The summed E-state index contributed by atoms with van der Waals surface area (Å²) in [5.74, 6) is 0. The fraction of sp³-hybridized carbons (Fsp3) is 0.286. The molecule has 0 radical (unpaired) electrons. The van der Waals surface area contributed by atoms with Crippen molar-refractivity contribution in [3.8, 4) is 0 Å². The lowest BCUT2D eigenvalue weighted by Gasteiger charge is -2.10. The highest BCUT2D eigenvalue weighted by molar-refractivity contribution is 6.29. The van der Waals surface area contributed by atoms with Gasteiger partial charge in [-0.2, -0.15) is 13.2 Å². The van der Waals surface area contributed by atoms with Crippen LogP contribution in [0.1, 0.15) is 17.6 Å². The molecular formula is C7H3ClF5NO.